The molecular weight excluding hydrogens is 216 g/mol. The van der Waals surface area contributed by atoms with E-state index in [0.717, 1.165) is 5.54 Å². The van der Waals surface area contributed by atoms with Crippen molar-refractivity contribution in [3.63, 3.8) is 0 Å². The summed E-state index contributed by atoms with van der Waals surface area (Å²) in [6, 6.07) is 1.30. The average molecular weight is 243 g/mol. The summed E-state index contributed by atoms with van der Waals surface area (Å²) < 4.78 is 5.50. The van der Waals surface area contributed by atoms with Crippen molar-refractivity contribution < 1.29 is 4.12 Å². The third-order valence-corrected chi connectivity index (χ3v) is 6.23. The summed E-state index contributed by atoms with van der Waals surface area (Å²) in [7, 11) is 2.67. The van der Waals surface area contributed by atoms with Gasteiger partial charge in [0.1, 0.15) is 0 Å². The van der Waals surface area contributed by atoms with Gasteiger partial charge in [0.15, 0.2) is 0 Å². The summed E-state index contributed by atoms with van der Waals surface area (Å²) in [6.07, 6.45) is 9.41. The van der Waals surface area contributed by atoms with Gasteiger partial charge in [-0.25, -0.2) is 0 Å². The summed E-state index contributed by atoms with van der Waals surface area (Å²) in [6.45, 7) is 6.87. The first-order chi connectivity index (χ1) is 7.26. The van der Waals surface area contributed by atoms with Crippen molar-refractivity contribution in [1.82, 2.24) is 0 Å². The highest BCUT2D eigenvalue weighted by molar-refractivity contribution is 6.57. The first kappa shape index (κ1) is 15.4. The summed E-state index contributed by atoms with van der Waals surface area (Å²) in [5.74, 6) is 0. The van der Waals surface area contributed by atoms with E-state index in [1.807, 2.05) is 0 Å². The van der Waals surface area contributed by atoms with E-state index in [1.165, 1.54) is 51.0 Å². The van der Waals surface area contributed by atoms with Crippen LogP contribution in [0.4, 0.5) is 0 Å². The summed E-state index contributed by atoms with van der Waals surface area (Å²) >= 11 is 0. The van der Waals surface area contributed by atoms with E-state index in [9.17, 15) is 0 Å². The van der Waals surface area contributed by atoms with Crippen molar-refractivity contribution in [2.45, 2.75) is 77.3 Å². The predicted molar refractivity (Wildman–Crippen MR) is 70.5 cm³/mol. The second kappa shape index (κ2) is 10.9. The second-order valence-electron chi connectivity index (χ2n) is 4.42. The van der Waals surface area contributed by atoms with Crippen molar-refractivity contribution in [3.05, 3.63) is 0 Å². The van der Waals surface area contributed by atoms with Crippen LogP contribution >= 0.6 is 0 Å². The van der Waals surface area contributed by atoms with E-state index >= 15 is 0 Å². The fourth-order valence-electron chi connectivity index (χ4n) is 1.80. The van der Waals surface area contributed by atoms with Gasteiger partial charge in [0.25, 0.3) is 0 Å². The van der Waals surface area contributed by atoms with Crippen LogP contribution < -0.4 is 0 Å². The molecule has 3 heteroatoms. The summed E-state index contributed by atoms with van der Waals surface area (Å²) in [5, 5.41) is 0. The quantitative estimate of drug-likeness (QED) is 0.411. The molecule has 15 heavy (non-hydrogen) atoms. The monoisotopic (exact) mass is 242 g/mol. The molecule has 0 saturated heterocycles. The van der Waals surface area contributed by atoms with E-state index in [4.69, 9.17) is 4.12 Å². The summed E-state index contributed by atoms with van der Waals surface area (Å²) in [5.41, 5.74) is 0.786. The molecule has 0 aromatic rings. The van der Waals surface area contributed by atoms with Crippen molar-refractivity contribution in [2.75, 3.05) is 0 Å². The molecule has 0 aromatic carbocycles. The molecule has 0 N–H and O–H groups in total. The molecular formula is C12H26OSi2. The van der Waals surface area contributed by atoms with Crippen LogP contribution in [0.2, 0.25) is 11.6 Å². The Morgan fingerprint density at radius 1 is 1.07 bits per heavy atom. The highest BCUT2D eigenvalue weighted by atomic mass is 28.3. The first-order valence-electron chi connectivity index (χ1n) is 6.45. The molecule has 4 radical (unpaired) electrons. The molecule has 0 bridgehead atoms. The molecule has 1 atom stereocenters. The number of hydrogen-bond donors (Lipinski definition) is 0. The molecule has 0 fully saturated rings. The molecule has 0 aliphatic heterocycles. The molecule has 0 saturated carbocycles. The Kier molecular flexibility index (Phi) is 11.2. The Morgan fingerprint density at radius 2 is 1.73 bits per heavy atom. The molecule has 0 aliphatic carbocycles. The van der Waals surface area contributed by atoms with Gasteiger partial charge < -0.3 is 4.12 Å². The minimum atomic E-state index is -0.601. The molecule has 0 aliphatic rings. The third-order valence-electron chi connectivity index (χ3n) is 2.95. The Labute approximate surface area is 101 Å². The van der Waals surface area contributed by atoms with E-state index in [-0.39, 0.29) is 0 Å². The van der Waals surface area contributed by atoms with Crippen molar-refractivity contribution in [3.8, 4) is 0 Å². The van der Waals surface area contributed by atoms with Crippen LogP contribution in [0.1, 0.15) is 65.7 Å². The normalized spacial score (nSPS) is 13.4. The Hall–Kier alpha value is 0.394. The van der Waals surface area contributed by atoms with E-state index in [2.05, 4.69) is 31.3 Å². The Morgan fingerprint density at radius 3 is 2.27 bits per heavy atom. The van der Waals surface area contributed by atoms with Gasteiger partial charge in [0.2, 0.25) is 19.5 Å². The maximum Gasteiger partial charge on any atom is 0.229 e. The predicted octanol–water partition coefficient (Wildman–Crippen LogP) is 4.24. The molecule has 1 nitrogen and oxygen atoms in total. The van der Waals surface area contributed by atoms with E-state index < -0.39 is 9.04 Å². The van der Waals surface area contributed by atoms with Crippen molar-refractivity contribution >= 4 is 19.5 Å². The Balaban J connectivity index is 3.60. The molecule has 1 unspecified atom stereocenters. The molecule has 0 spiro atoms. The number of rotatable bonds is 10. The number of unbranched alkanes of at least 4 members (excludes halogenated alkanes) is 4. The SMILES string of the molecule is CCCCCC[Si](O[Si])C(C)CCCC. The topological polar surface area (TPSA) is 9.23 Å². The minimum Gasteiger partial charge on any atom is -0.457 e. The van der Waals surface area contributed by atoms with Crippen molar-refractivity contribution in [1.29, 1.82) is 0 Å². The van der Waals surface area contributed by atoms with Gasteiger partial charge in [-0.1, -0.05) is 65.7 Å². The van der Waals surface area contributed by atoms with Crippen LogP contribution in [0.25, 0.3) is 0 Å². The zero-order chi connectivity index (χ0) is 11.5. The lowest BCUT2D eigenvalue weighted by molar-refractivity contribution is 0.561. The third kappa shape index (κ3) is 8.23. The maximum atomic E-state index is 5.50. The van der Waals surface area contributed by atoms with Crippen LogP contribution in [0, 0.1) is 0 Å². The van der Waals surface area contributed by atoms with Crippen LogP contribution in [0.3, 0.4) is 0 Å². The first-order valence-corrected chi connectivity index (χ1v) is 8.55. The zero-order valence-electron chi connectivity index (χ0n) is 10.6. The maximum absolute atomic E-state index is 5.50. The lowest BCUT2D eigenvalue weighted by atomic mass is 10.2. The van der Waals surface area contributed by atoms with Crippen LogP contribution in [0.5, 0.6) is 0 Å². The minimum absolute atomic E-state index is 0.601. The number of hydrogen-bond acceptors (Lipinski definition) is 1. The molecule has 0 amide bonds. The highest BCUT2D eigenvalue weighted by Gasteiger charge is 2.18. The van der Waals surface area contributed by atoms with Gasteiger partial charge in [-0.05, 0) is 11.6 Å². The van der Waals surface area contributed by atoms with Crippen LogP contribution in [-0.4, -0.2) is 19.5 Å². The lowest BCUT2D eigenvalue weighted by Crippen LogP contribution is -2.22. The smallest absolute Gasteiger partial charge is 0.229 e. The van der Waals surface area contributed by atoms with Crippen molar-refractivity contribution in [2.24, 2.45) is 0 Å². The zero-order valence-corrected chi connectivity index (χ0v) is 12.6. The largest absolute Gasteiger partial charge is 0.457 e. The van der Waals surface area contributed by atoms with Gasteiger partial charge in [-0.3, -0.25) is 0 Å². The lowest BCUT2D eigenvalue weighted by Gasteiger charge is -2.19. The fraction of sp³-hybridized carbons (Fsp3) is 1.00. The second-order valence-corrected chi connectivity index (χ2v) is 7.66. The van der Waals surface area contributed by atoms with Gasteiger partial charge in [0.05, 0.1) is 0 Å². The summed E-state index contributed by atoms with van der Waals surface area (Å²) in [4.78, 5) is 0. The molecule has 0 heterocycles. The van der Waals surface area contributed by atoms with Gasteiger partial charge in [-0.15, -0.1) is 0 Å². The Bertz CT molecular complexity index is 131. The van der Waals surface area contributed by atoms with E-state index in [1.54, 1.807) is 0 Å². The van der Waals surface area contributed by atoms with Gasteiger partial charge in [-0.2, -0.15) is 0 Å². The van der Waals surface area contributed by atoms with Gasteiger partial charge in [0, 0.05) is 0 Å². The molecule has 88 valence electrons. The highest BCUT2D eigenvalue weighted by Crippen LogP contribution is 2.22. The molecule has 0 rings (SSSR count). The van der Waals surface area contributed by atoms with Crippen LogP contribution in [0.15, 0.2) is 0 Å². The van der Waals surface area contributed by atoms with Gasteiger partial charge >= 0.3 is 0 Å². The standard InChI is InChI=1S/C12H26OSi2/c1-4-6-8-9-11-15(13-14)12(3)10-7-5-2/h12H,4-11H2,1-3H3. The average Bonchev–Trinajstić information content (AvgIpc) is 2.26. The fourth-order valence-corrected chi connectivity index (χ4v) is 4.63. The van der Waals surface area contributed by atoms with Crippen LogP contribution in [-0.2, 0) is 4.12 Å². The molecule has 0 aromatic heterocycles. The van der Waals surface area contributed by atoms with E-state index in [0.29, 0.717) is 0 Å².